The molecule has 0 fully saturated rings. The maximum Gasteiger partial charge on any atom is 0.110 e. The van der Waals surface area contributed by atoms with E-state index in [0.29, 0.717) is 0 Å². The molecule has 0 amide bonds. The van der Waals surface area contributed by atoms with Crippen LogP contribution in [-0.2, 0) is 6.54 Å². The Balaban J connectivity index is 2.34. The van der Waals surface area contributed by atoms with Crippen LogP contribution in [0, 0.1) is 18.3 Å². The molecular formula is C15H16N2S. The van der Waals surface area contributed by atoms with Gasteiger partial charge in [0.2, 0.25) is 0 Å². The standard InChI is InChI=1S/C15H16N2S/c1-3-17-10-12-5-4-11(2)14(8-12)15-7-6-13(9-16)18-15/h4-8,17H,3,10H2,1-2H3. The molecule has 2 aromatic rings. The van der Waals surface area contributed by atoms with Crippen LogP contribution in [-0.4, -0.2) is 6.54 Å². The molecule has 0 atom stereocenters. The fourth-order valence-corrected chi connectivity index (χ4v) is 2.74. The number of thiophene rings is 1. The summed E-state index contributed by atoms with van der Waals surface area (Å²) < 4.78 is 0. The SMILES string of the molecule is CCNCc1ccc(C)c(-c2ccc(C#N)s2)c1. The lowest BCUT2D eigenvalue weighted by atomic mass is 10.0. The van der Waals surface area contributed by atoms with Crippen LogP contribution in [0.3, 0.4) is 0 Å². The first kappa shape index (κ1) is 12.8. The van der Waals surface area contributed by atoms with Gasteiger partial charge in [-0.1, -0.05) is 19.1 Å². The molecular weight excluding hydrogens is 240 g/mol. The summed E-state index contributed by atoms with van der Waals surface area (Å²) in [5.41, 5.74) is 3.77. The van der Waals surface area contributed by atoms with Gasteiger partial charge < -0.3 is 5.32 Å². The number of rotatable bonds is 4. The van der Waals surface area contributed by atoms with Crippen LogP contribution in [0.2, 0.25) is 0 Å². The summed E-state index contributed by atoms with van der Waals surface area (Å²) in [4.78, 5) is 1.93. The molecule has 0 spiro atoms. The second-order valence-electron chi connectivity index (χ2n) is 4.21. The summed E-state index contributed by atoms with van der Waals surface area (Å²) in [6, 6.07) is 12.6. The zero-order chi connectivity index (χ0) is 13.0. The van der Waals surface area contributed by atoms with Crippen molar-refractivity contribution in [3.05, 3.63) is 46.3 Å². The Labute approximate surface area is 112 Å². The smallest absolute Gasteiger partial charge is 0.110 e. The predicted octanol–water partition coefficient (Wildman–Crippen LogP) is 3.70. The Morgan fingerprint density at radius 3 is 2.78 bits per heavy atom. The van der Waals surface area contributed by atoms with E-state index in [1.165, 1.54) is 21.6 Å². The fraction of sp³-hybridized carbons (Fsp3) is 0.267. The third-order valence-electron chi connectivity index (χ3n) is 2.86. The van der Waals surface area contributed by atoms with E-state index in [2.05, 4.69) is 43.4 Å². The van der Waals surface area contributed by atoms with Gasteiger partial charge in [0.05, 0.1) is 0 Å². The van der Waals surface area contributed by atoms with Crippen LogP contribution in [0.5, 0.6) is 0 Å². The molecule has 18 heavy (non-hydrogen) atoms. The maximum atomic E-state index is 8.89. The Hall–Kier alpha value is -1.63. The highest BCUT2D eigenvalue weighted by Gasteiger charge is 2.06. The van der Waals surface area contributed by atoms with E-state index < -0.39 is 0 Å². The third kappa shape index (κ3) is 2.79. The molecule has 0 radical (unpaired) electrons. The van der Waals surface area contributed by atoms with Crippen LogP contribution in [0.15, 0.2) is 30.3 Å². The predicted molar refractivity (Wildman–Crippen MR) is 76.6 cm³/mol. The van der Waals surface area contributed by atoms with E-state index in [0.717, 1.165) is 18.0 Å². The van der Waals surface area contributed by atoms with E-state index in [4.69, 9.17) is 5.26 Å². The van der Waals surface area contributed by atoms with E-state index in [1.807, 2.05) is 12.1 Å². The second kappa shape index (κ2) is 5.81. The van der Waals surface area contributed by atoms with E-state index in [9.17, 15) is 0 Å². The van der Waals surface area contributed by atoms with Crippen molar-refractivity contribution in [3.63, 3.8) is 0 Å². The molecule has 1 aromatic carbocycles. The lowest BCUT2D eigenvalue weighted by Gasteiger charge is -2.07. The molecule has 2 rings (SSSR count). The van der Waals surface area contributed by atoms with Crippen molar-refractivity contribution in [1.82, 2.24) is 5.32 Å². The molecule has 0 aliphatic rings. The summed E-state index contributed by atoms with van der Waals surface area (Å²) in [5, 5.41) is 12.2. The normalized spacial score (nSPS) is 10.3. The van der Waals surface area contributed by atoms with Crippen LogP contribution >= 0.6 is 11.3 Å². The van der Waals surface area contributed by atoms with E-state index >= 15 is 0 Å². The first-order chi connectivity index (χ1) is 8.74. The molecule has 1 aromatic heterocycles. The average molecular weight is 256 g/mol. The largest absolute Gasteiger partial charge is 0.313 e. The van der Waals surface area contributed by atoms with Crippen molar-refractivity contribution in [3.8, 4) is 16.5 Å². The molecule has 0 unspecified atom stereocenters. The van der Waals surface area contributed by atoms with Gasteiger partial charge in [0.1, 0.15) is 10.9 Å². The van der Waals surface area contributed by atoms with Gasteiger partial charge in [-0.25, -0.2) is 0 Å². The average Bonchev–Trinajstić information content (AvgIpc) is 2.86. The van der Waals surface area contributed by atoms with E-state index in [1.54, 1.807) is 11.3 Å². The Kier molecular flexibility index (Phi) is 4.14. The minimum atomic E-state index is 0.765. The summed E-state index contributed by atoms with van der Waals surface area (Å²) >= 11 is 1.55. The zero-order valence-electron chi connectivity index (χ0n) is 10.7. The number of nitrogens with zero attached hydrogens (tertiary/aromatic N) is 1. The first-order valence-electron chi connectivity index (χ1n) is 6.05. The molecule has 2 nitrogen and oxygen atoms in total. The number of nitrogens with one attached hydrogen (secondary N) is 1. The molecule has 1 N–H and O–H groups in total. The van der Waals surface area contributed by atoms with Gasteiger partial charge in [0.15, 0.2) is 0 Å². The highest BCUT2D eigenvalue weighted by molar-refractivity contribution is 7.16. The van der Waals surface area contributed by atoms with Gasteiger partial charge in [-0.2, -0.15) is 5.26 Å². The summed E-state index contributed by atoms with van der Waals surface area (Å²) in [5.74, 6) is 0. The lowest BCUT2D eigenvalue weighted by molar-refractivity contribution is 0.727. The number of hydrogen-bond donors (Lipinski definition) is 1. The first-order valence-corrected chi connectivity index (χ1v) is 6.86. The molecule has 92 valence electrons. The number of aryl methyl sites for hydroxylation is 1. The molecule has 1 heterocycles. The van der Waals surface area contributed by atoms with Gasteiger partial charge in [-0.05, 0) is 48.4 Å². The molecule has 0 aliphatic carbocycles. The summed E-state index contributed by atoms with van der Waals surface area (Å²) in [7, 11) is 0. The minimum Gasteiger partial charge on any atom is -0.313 e. The van der Waals surface area contributed by atoms with Gasteiger partial charge in [-0.3, -0.25) is 0 Å². The van der Waals surface area contributed by atoms with Crippen molar-refractivity contribution in [2.45, 2.75) is 20.4 Å². The van der Waals surface area contributed by atoms with Gasteiger partial charge in [0.25, 0.3) is 0 Å². The van der Waals surface area contributed by atoms with Gasteiger partial charge >= 0.3 is 0 Å². The molecule has 0 bridgehead atoms. The Bertz CT molecular complexity index is 578. The highest BCUT2D eigenvalue weighted by atomic mass is 32.1. The topological polar surface area (TPSA) is 35.8 Å². The minimum absolute atomic E-state index is 0.765. The van der Waals surface area contributed by atoms with Crippen molar-refractivity contribution in [2.24, 2.45) is 0 Å². The fourth-order valence-electron chi connectivity index (χ4n) is 1.86. The summed E-state index contributed by atoms with van der Waals surface area (Å²) in [6.45, 7) is 6.08. The van der Waals surface area contributed by atoms with Crippen LogP contribution in [0.25, 0.3) is 10.4 Å². The van der Waals surface area contributed by atoms with Crippen molar-refractivity contribution >= 4 is 11.3 Å². The molecule has 0 saturated heterocycles. The number of nitriles is 1. The van der Waals surface area contributed by atoms with Crippen molar-refractivity contribution in [1.29, 1.82) is 5.26 Å². The Morgan fingerprint density at radius 1 is 1.28 bits per heavy atom. The Morgan fingerprint density at radius 2 is 2.11 bits per heavy atom. The number of hydrogen-bond acceptors (Lipinski definition) is 3. The highest BCUT2D eigenvalue weighted by Crippen LogP contribution is 2.30. The van der Waals surface area contributed by atoms with Crippen LogP contribution in [0.4, 0.5) is 0 Å². The third-order valence-corrected chi connectivity index (χ3v) is 3.89. The maximum absolute atomic E-state index is 8.89. The molecule has 0 aliphatic heterocycles. The zero-order valence-corrected chi connectivity index (χ0v) is 11.5. The lowest BCUT2D eigenvalue weighted by Crippen LogP contribution is -2.11. The van der Waals surface area contributed by atoms with E-state index in [-0.39, 0.29) is 0 Å². The van der Waals surface area contributed by atoms with Crippen molar-refractivity contribution < 1.29 is 0 Å². The number of benzene rings is 1. The quantitative estimate of drug-likeness (QED) is 0.905. The monoisotopic (exact) mass is 256 g/mol. The second-order valence-corrected chi connectivity index (χ2v) is 5.29. The van der Waals surface area contributed by atoms with Crippen LogP contribution in [0.1, 0.15) is 22.9 Å². The van der Waals surface area contributed by atoms with Crippen LogP contribution < -0.4 is 5.32 Å². The summed E-state index contributed by atoms with van der Waals surface area (Å²) in [6.07, 6.45) is 0. The van der Waals surface area contributed by atoms with Gasteiger partial charge in [-0.15, -0.1) is 11.3 Å². The van der Waals surface area contributed by atoms with Crippen molar-refractivity contribution in [2.75, 3.05) is 6.54 Å². The molecule has 3 heteroatoms. The van der Waals surface area contributed by atoms with Gasteiger partial charge in [0, 0.05) is 11.4 Å². The molecule has 0 saturated carbocycles.